The zero-order chi connectivity index (χ0) is 28.1. The quantitative estimate of drug-likeness (QED) is 0.342. The molecule has 0 saturated heterocycles. The summed E-state index contributed by atoms with van der Waals surface area (Å²) in [6.07, 6.45) is -10.1. The Morgan fingerprint density at radius 3 is 2.05 bits per heavy atom. The van der Waals surface area contributed by atoms with E-state index in [1.54, 1.807) is 0 Å². The number of nitrogens with zero attached hydrogens (tertiary/aromatic N) is 1. The van der Waals surface area contributed by atoms with Gasteiger partial charge < -0.3 is 5.32 Å². The average Bonchev–Trinajstić information content (AvgIpc) is 3.02. The number of anilines is 2. The van der Waals surface area contributed by atoms with Crippen LogP contribution in [0.25, 0.3) is 0 Å². The molecule has 4 nitrogen and oxygen atoms in total. The van der Waals surface area contributed by atoms with Crippen molar-refractivity contribution in [2.24, 2.45) is 0 Å². The molecule has 0 radical (unpaired) electrons. The molecule has 0 spiro atoms. The first kappa shape index (κ1) is 26.5. The first-order valence-electron chi connectivity index (χ1n) is 11.8. The highest BCUT2D eigenvalue weighted by Gasteiger charge is 2.50. The van der Waals surface area contributed by atoms with Gasteiger partial charge in [0.25, 0.3) is 0 Å². The molecule has 5 rings (SSSR count). The summed E-state index contributed by atoms with van der Waals surface area (Å²) in [4.78, 5) is 26.9. The van der Waals surface area contributed by atoms with Gasteiger partial charge in [-0.15, -0.1) is 0 Å². The number of carbonyl (C=O) groups excluding carboxylic acids is 2. The maximum atomic E-state index is 13.9. The fourth-order valence-corrected chi connectivity index (χ4v) is 5.09. The Labute approximate surface area is 217 Å². The van der Waals surface area contributed by atoms with Gasteiger partial charge in [0.2, 0.25) is 0 Å². The number of benzene rings is 3. The molecule has 3 aromatic rings. The predicted molar refractivity (Wildman–Crippen MR) is 128 cm³/mol. The number of Topliss-reactive ketones (excluding diaryl/α,β-unsaturated/α-hetero) is 1. The van der Waals surface area contributed by atoms with Crippen molar-refractivity contribution in [3.05, 3.63) is 107 Å². The highest BCUT2D eigenvalue weighted by molar-refractivity contribution is 6.07. The summed E-state index contributed by atoms with van der Waals surface area (Å²) in [5.41, 5.74) is -0.495. The van der Waals surface area contributed by atoms with Crippen LogP contribution in [0.1, 0.15) is 41.5 Å². The molecular formula is C28H19F7N2O2. The van der Waals surface area contributed by atoms with E-state index in [1.165, 1.54) is 48.5 Å². The number of allylic oxidation sites excluding steroid dienone is 1. The van der Waals surface area contributed by atoms with E-state index in [2.05, 4.69) is 5.32 Å². The van der Waals surface area contributed by atoms with Crippen LogP contribution in [0.5, 0.6) is 0 Å². The van der Waals surface area contributed by atoms with Crippen LogP contribution in [-0.2, 0) is 15.8 Å². The number of hydrogen-bond donors (Lipinski definition) is 1. The van der Waals surface area contributed by atoms with Crippen molar-refractivity contribution in [3.63, 3.8) is 0 Å². The van der Waals surface area contributed by atoms with Crippen molar-refractivity contribution in [1.29, 1.82) is 0 Å². The number of rotatable bonds is 2. The summed E-state index contributed by atoms with van der Waals surface area (Å²) in [5.74, 6) is -3.79. The lowest BCUT2D eigenvalue weighted by atomic mass is 9.78. The Morgan fingerprint density at radius 2 is 1.44 bits per heavy atom. The summed E-state index contributed by atoms with van der Waals surface area (Å²) in [5, 5.41) is 3.02. The number of carbonyl (C=O) groups is 2. The van der Waals surface area contributed by atoms with Crippen LogP contribution in [0.3, 0.4) is 0 Å². The lowest BCUT2D eigenvalue weighted by Gasteiger charge is -2.35. The minimum atomic E-state index is -5.35. The molecule has 2 aliphatic rings. The smallest absolute Gasteiger partial charge is 0.357 e. The molecule has 202 valence electrons. The van der Waals surface area contributed by atoms with Crippen molar-refractivity contribution in [2.45, 2.75) is 37.2 Å². The number of fused-ring (bicyclic) bond motifs is 1. The van der Waals surface area contributed by atoms with Crippen LogP contribution in [0, 0.1) is 5.82 Å². The number of alkyl halides is 6. The number of nitrogens with one attached hydrogen (secondary N) is 1. The standard InChI is InChI=1S/C28H19F7N2O2/c29-19-11-7-15(8-12-19)17-13-21-24(23(38)14-17)25(16-5-9-18(10-6-16)27(30,31)32)37(26(39)28(33,34)35)22-4-2-1-3-20(22)36-21/h1-12,17,25,36H,13-14H2. The van der Waals surface area contributed by atoms with Crippen molar-refractivity contribution in [1.82, 2.24) is 0 Å². The molecule has 0 saturated carbocycles. The van der Waals surface area contributed by atoms with Gasteiger partial charge in [0, 0.05) is 17.7 Å². The first-order valence-corrected chi connectivity index (χ1v) is 11.8. The predicted octanol–water partition coefficient (Wildman–Crippen LogP) is 7.31. The molecule has 11 heteroatoms. The summed E-state index contributed by atoms with van der Waals surface area (Å²) in [7, 11) is 0. The van der Waals surface area contributed by atoms with E-state index >= 15 is 0 Å². The fourth-order valence-electron chi connectivity index (χ4n) is 5.09. The molecule has 0 fully saturated rings. The Hall–Kier alpha value is -4.15. The number of ketones is 1. The van der Waals surface area contributed by atoms with Gasteiger partial charge in [0.15, 0.2) is 5.78 Å². The van der Waals surface area contributed by atoms with Crippen LogP contribution in [0.4, 0.5) is 42.1 Å². The van der Waals surface area contributed by atoms with Gasteiger partial charge in [0.1, 0.15) is 5.82 Å². The van der Waals surface area contributed by atoms with E-state index in [0.29, 0.717) is 22.6 Å². The van der Waals surface area contributed by atoms with Crippen molar-refractivity contribution in [3.8, 4) is 0 Å². The molecule has 0 bridgehead atoms. The van der Waals surface area contributed by atoms with E-state index in [4.69, 9.17) is 0 Å². The zero-order valence-corrected chi connectivity index (χ0v) is 19.9. The summed E-state index contributed by atoms with van der Waals surface area (Å²) < 4.78 is 94.9. The van der Waals surface area contributed by atoms with Crippen LogP contribution in [0.2, 0.25) is 0 Å². The van der Waals surface area contributed by atoms with Crippen molar-refractivity contribution >= 4 is 23.1 Å². The summed E-state index contributed by atoms with van der Waals surface area (Å²) >= 11 is 0. The van der Waals surface area contributed by atoms with Crippen LogP contribution in [-0.4, -0.2) is 17.9 Å². The molecule has 3 aromatic carbocycles. The Balaban J connectivity index is 1.72. The molecule has 1 N–H and O–H groups in total. The average molecular weight is 548 g/mol. The number of amides is 1. The third-order valence-electron chi connectivity index (χ3n) is 6.85. The van der Waals surface area contributed by atoms with E-state index in [1.807, 2.05) is 0 Å². The second-order valence-corrected chi connectivity index (χ2v) is 9.31. The highest BCUT2D eigenvalue weighted by atomic mass is 19.4. The summed E-state index contributed by atoms with van der Waals surface area (Å²) in [6, 6.07) is 12.8. The Kier molecular flexibility index (Phi) is 6.48. The van der Waals surface area contributed by atoms with Crippen LogP contribution >= 0.6 is 0 Å². The normalized spacial score (nSPS) is 19.7. The van der Waals surface area contributed by atoms with Crippen LogP contribution < -0.4 is 10.2 Å². The first-order chi connectivity index (χ1) is 18.3. The number of hydrogen-bond acceptors (Lipinski definition) is 3. The van der Waals surface area contributed by atoms with Gasteiger partial charge in [-0.2, -0.15) is 26.3 Å². The van der Waals surface area contributed by atoms with Gasteiger partial charge in [-0.3, -0.25) is 14.5 Å². The second-order valence-electron chi connectivity index (χ2n) is 9.31. The van der Waals surface area contributed by atoms with Gasteiger partial charge in [-0.05, 0) is 59.9 Å². The maximum absolute atomic E-state index is 13.9. The topological polar surface area (TPSA) is 49.4 Å². The molecule has 2 unspecified atom stereocenters. The van der Waals surface area contributed by atoms with E-state index in [9.17, 15) is 40.3 Å². The molecule has 39 heavy (non-hydrogen) atoms. The van der Waals surface area contributed by atoms with Crippen molar-refractivity contribution in [2.75, 3.05) is 10.2 Å². The highest BCUT2D eigenvalue weighted by Crippen LogP contribution is 2.48. The monoisotopic (exact) mass is 548 g/mol. The third-order valence-corrected chi connectivity index (χ3v) is 6.85. The maximum Gasteiger partial charge on any atom is 0.471 e. The molecule has 1 aliphatic carbocycles. The van der Waals surface area contributed by atoms with E-state index in [-0.39, 0.29) is 41.1 Å². The lowest BCUT2D eigenvalue weighted by molar-refractivity contribution is -0.170. The Bertz CT molecular complexity index is 1460. The molecule has 1 heterocycles. The SMILES string of the molecule is O=C1CC(c2ccc(F)cc2)CC2=C1C(c1ccc(C(F)(F)F)cc1)N(C(=O)C(F)(F)F)c1ccccc1N2. The minimum Gasteiger partial charge on any atom is -0.357 e. The lowest BCUT2D eigenvalue weighted by Crippen LogP contribution is -2.45. The van der Waals surface area contributed by atoms with Gasteiger partial charge in [-0.1, -0.05) is 36.4 Å². The molecule has 2 atom stereocenters. The van der Waals surface area contributed by atoms with Crippen molar-refractivity contribution < 1.29 is 40.3 Å². The van der Waals surface area contributed by atoms with Gasteiger partial charge >= 0.3 is 18.3 Å². The molecule has 1 aliphatic heterocycles. The van der Waals surface area contributed by atoms with Gasteiger partial charge in [0.05, 0.1) is 23.0 Å². The third kappa shape index (κ3) is 5.00. The van der Waals surface area contributed by atoms with E-state index < -0.39 is 47.4 Å². The zero-order valence-electron chi connectivity index (χ0n) is 19.9. The molecular weight excluding hydrogens is 529 g/mol. The minimum absolute atomic E-state index is 0.0971. The second kappa shape index (κ2) is 9.55. The number of halogens is 7. The molecule has 1 amide bonds. The molecule has 0 aromatic heterocycles. The summed E-state index contributed by atoms with van der Waals surface area (Å²) in [6.45, 7) is 0. The van der Waals surface area contributed by atoms with Crippen LogP contribution in [0.15, 0.2) is 84.1 Å². The fraction of sp³-hybridized carbons (Fsp3) is 0.214. The largest absolute Gasteiger partial charge is 0.471 e. The Morgan fingerprint density at radius 1 is 0.821 bits per heavy atom. The van der Waals surface area contributed by atoms with Gasteiger partial charge in [-0.25, -0.2) is 4.39 Å². The number of para-hydroxylation sites is 2. The van der Waals surface area contributed by atoms with E-state index in [0.717, 1.165) is 12.1 Å².